The Morgan fingerprint density at radius 3 is 2.52 bits per heavy atom. The molecular weight excluding hydrogens is 358 g/mol. The van der Waals surface area contributed by atoms with E-state index in [1.54, 1.807) is 12.1 Å². The molecule has 1 aliphatic heterocycles. The summed E-state index contributed by atoms with van der Waals surface area (Å²) in [5.41, 5.74) is 6.04. The van der Waals surface area contributed by atoms with Crippen LogP contribution in [0.2, 0.25) is 0 Å². The number of amides is 1. The summed E-state index contributed by atoms with van der Waals surface area (Å²) >= 11 is 3.26. The second-order valence-electron chi connectivity index (χ2n) is 5.06. The van der Waals surface area contributed by atoms with Gasteiger partial charge in [0.25, 0.3) is 0 Å². The number of carbonyl (C=O) groups is 1. The van der Waals surface area contributed by atoms with E-state index >= 15 is 0 Å². The van der Waals surface area contributed by atoms with Crippen LogP contribution >= 0.6 is 15.9 Å². The van der Waals surface area contributed by atoms with Crippen molar-refractivity contribution in [2.24, 2.45) is 0 Å². The maximum Gasteiger partial charge on any atom is 0.245 e. The molecule has 1 aliphatic rings. The van der Waals surface area contributed by atoms with Crippen LogP contribution in [-0.2, 0) is 14.8 Å². The molecule has 8 heteroatoms. The molecule has 0 bridgehead atoms. The van der Waals surface area contributed by atoms with Gasteiger partial charge in [-0.1, -0.05) is 15.9 Å². The molecule has 0 saturated carbocycles. The first-order chi connectivity index (χ1) is 9.80. The van der Waals surface area contributed by atoms with Crippen LogP contribution in [0.5, 0.6) is 0 Å². The van der Waals surface area contributed by atoms with E-state index < -0.39 is 10.0 Å². The van der Waals surface area contributed by atoms with E-state index in [0.29, 0.717) is 25.9 Å². The van der Waals surface area contributed by atoms with Gasteiger partial charge >= 0.3 is 0 Å². The minimum Gasteiger partial charge on any atom is -0.398 e. The summed E-state index contributed by atoms with van der Waals surface area (Å²) in [6.07, 6.45) is 1.21. The van der Waals surface area contributed by atoms with Crippen LogP contribution in [-0.4, -0.2) is 37.8 Å². The third kappa shape index (κ3) is 3.75. The van der Waals surface area contributed by atoms with Crippen molar-refractivity contribution in [3.8, 4) is 0 Å². The number of hydrogen-bond acceptors (Lipinski definition) is 4. The SMILES string of the molecule is CC(=O)NC1CCN(S(=O)(=O)c2ccc(Br)cc2N)CC1. The average Bonchev–Trinajstić information content (AvgIpc) is 2.38. The molecular formula is C13H18BrN3O3S. The van der Waals surface area contributed by atoms with Gasteiger partial charge in [-0.05, 0) is 31.0 Å². The lowest BCUT2D eigenvalue weighted by atomic mass is 10.1. The van der Waals surface area contributed by atoms with E-state index in [1.165, 1.54) is 17.3 Å². The summed E-state index contributed by atoms with van der Waals surface area (Å²) in [6.45, 7) is 2.22. The third-order valence-electron chi connectivity index (χ3n) is 3.45. The van der Waals surface area contributed by atoms with Gasteiger partial charge in [0.15, 0.2) is 0 Å². The maximum absolute atomic E-state index is 12.6. The number of anilines is 1. The smallest absolute Gasteiger partial charge is 0.245 e. The van der Waals surface area contributed by atoms with Crippen LogP contribution < -0.4 is 11.1 Å². The zero-order valence-electron chi connectivity index (χ0n) is 11.7. The fraction of sp³-hybridized carbons (Fsp3) is 0.462. The Labute approximate surface area is 132 Å². The zero-order valence-corrected chi connectivity index (χ0v) is 14.1. The van der Waals surface area contributed by atoms with Gasteiger partial charge in [0.2, 0.25) is 15.9 Å². The van der Waals surface area contributed by atoms with Crippen LogP contribution in [0.3, 0.4) is 0 Å². The highest BCUT2D eigenvalue weighted by molar-refractivity contribution is 9.10. The molecule has 1 amide bonds. The number of rotatable bonds is 3. The van der Waals surface area contributed by atoms with Gasteiger partial charge in [-0.15, -0.1) is 0 Å². The summed E-state index contributed by atoms with van der Waals surface area (Å²) in [7, 11) is -3.59. The van der Waals surface area contributed by atoms with Gasteiger partial charge in [0.05, 0.1) is 5.69 Å². The monoisotopic (exact) mass is 375 g/mol. The first-order valence-corrected chi connectivity index (χ1v) is 8.86. The quantitative estimate of drug-likeness (QED) is 0.779. The van der Waals surface area contributed by atoms with Gasteiger partial charge in [-0.2, -0.15) is 4.31 Å². The summed E-state index contributed by atoms with van der Waals surface area (Å²) < 4.78 is 27.3. The van der Waals surface area contributed by atoms with Crippen LogP contribution in [0.1, 0.15) is 19.8 Å². The zero-order chi connectivity index (χ0) is 15.6. The first kappa shape index (κ1) is 16.3. The number of nitrogen functional groups attached to an aromatic ring is 1. The van der Waals surface area contributed by atoms with Gasteiger partial charge < -0.3 is 11.1 Å². The Balaban J connectivity index is 2.13. The fourth-order valence-corrected chi connectivity index (χ4v) is 4.37. The molecule has 0 unspecified atom stereocenters. The molecule has 0 aliphatic carbocycles. The average molecular weight is 376 g/mol. The van der Waals surface area contributed by atoms with Crippen LogP contribution in [0.15, 0.2) is 27.6 Å². The molecule has 6 nitrogen and oxygen atoms in total. The van der Waals surface area contributed by atoms with E-state index in [0.717, 1.165) is 4.47 Å². The summed E-state index contributed by atoms with van der Waals surface area (Å²) in [6, 6.07) is 4.79. The van der Waals surface area contributed by atoms with Crippen molar-refractivity contribution >= 4 is 37.5 Å². The topological polar surface area (TPSA) is 92.5 Å². The molecule has 0 spiro atoms. The van der Waals surface area contributed by atoms with E-state index in [2.05, 4.69) is 21.2 Å². The number of sulfonamides is 1. The highest BCUT2D eigenvalue weighted by Crippen LogP contribution is 2.27. The minimum atomic E-state index is -3.59. The van der Waals surface area contributed by atoms with Crippen molar-refractivity contribution in [2.45, 2.75) is 30.7 Å². The summed E-state index contributed by atoms with van der Waals surface area (Å²) in [4.78, 5) is 11.2. The highest BCUT2D eigenvalue weighted by Gasteiger charge is 2.30. The van der Waals surface area contributed by atoms with E-state index in [-0.39, 0.29) is 22.5 Å². The Morgan fingerprint density at radius 2 is 2.00 bits per heavy atom. The normalized spacial score (nSPS) is 17.6. The van der Waals surface area contributed by atoms with Crippen molar-refractivity contribution in [1.29, 1.82) is 0 Å². The van der Waals surface area contributed by atoms with E-state index in [4.69, 9.17) is 5.73 Å². The van der Waals surface area contributed by atoms with Crippen molar-refractivity contribution < 1.29 is 13.2 Å². The first-order valence-electron chi connectivity index (χ1n) is 6.63. The fourth-order valence-electron chi connectivity index (χ4n) is 2.42. The highest BCUT2D eigenvalue weighted by atomic mass is 79.9. The molecule has 1 aromatic rings. The second kappa shape index (κ2) is 6.33. The number of piperidine rings is 1. The predicted octanol–water partition coefficient (Wildman–Crippen LogP) is 1.32. The number of nitrogens with two attached hydrogens (primary N) is 1. The van der Waals surface area contributed by atoms with E-state index in [1.807, 2.05) is 0 Å². The number of nitrogens with one attached hydrogen (secondary N) is 1. The number of carbonyl (C=O) groups excluding carboxylic acids is 1. The molecule has 1 saturated heterocycles. The molecule has 3 N–H and O–H groups in total. The maximum atomic E-state index is 12.6. The molecule has 0 aromatic heterocycles. The molecule has 0 atom stereocenters. The molecule has 0 radical (unpaired) electrons. The molecule has 21 heavy (non-hydrogen) atoms. The van der Waals surface area contributed by atoms with Gasteiger partial charge in [-0.25, -0.2) is 8.42 Å². The van der Waals surface area contributed by atoms with Crippen molar-refractivity contribution in [2.75, 3.05) is 18.8 Å². The number of halogens is 1. The second-order valence-corrected chi connectivity index (χ2v) is 7.88. The Kier molecular flexibility index (Phi) is 4.90. The Bertz CT molecular complexity index is 640. The Hall–Kier alpha value is -1.12. The lowest BCUT2D eigenvalue weighted by Crippen LogP contribution is -2.46. The molecule has 2 rings (SSSR count). The van der Waals surface area contributed by atoms with Crippen LogP contribution in [0, 0.1) is 0 Å². The molecule has 1 heterocycles. The van der Waals surface area contributed by atoms with Crippen LogP contribution in [0.4, 0.5) is 5.69 Å². The van der Waals surface area contributed by atoms with Gasteiger partial charge in [0.1, 0.15) is 4.90 Å². The lowest BCUT2D eigenvalue weighted by Gasteiger charge is -2.31. The predicted molar refractivity (Wildman–Crippen MR) is 84.2 cm³/mol. The van der Waals surface area contributed by atoms with E-state index in [9.17, 15) is 13.2 Å². The number of nitrogens with zero attached hydrogens (tertiary/aromatic N) is 1. The molecule has 1 fully saturated rings. The van der Waals surface area contributed by atoms with Gasteiger partial charge in [0, 0.05) is 30.5 Å². The standard InChI is InChI=1S/C13H18BrN3O3S/c1-9(18)16-11-4-6-17(7-5-11)21(19,20)13-3-2-10(14)8-12(13)15/h2-3,8,11H,4-7,15H2,1H3,(H,16,18). The van der Waals surface area contributed by atoms with Crippen molar-refractivity contribution in [1.82, 2.24) is 9.62 Å². The van der Waals surface area contributed by atoms with Gasteiger partial charge in [-0.3, -0.25) is 4.79 Å². The summed E-state index contributed by atoms with van der Waals surface area (Å²) in [5, 5.41) is 2.82. The van der Waals surface area contributed by atoms with Crippen LogP contribution in [0.25, 0.3) is 0 Å². The van der Waals surface area contributed by atoms with Crippen molar-refractivity contribution in [3.63, 3.8) is 0 Å². The van der Waals surface area contributed by atoms with Crippen molar-refractivity contribution in [3.05, 3.63) is 22.7 Å². The number of benzene rings is 1. The lowest BCUT2D eigenvalue weighted by molar-refractivity contribution is -0.119. The largest absolute Gasteiger partial charge is 0.398 e. The third-order valence-corrected chi connectivity index (χ3v) is 5.92. The summed E-state index contributed by atoms with van der Waals surface area (Å²) in [5.74, 6) is -0.0894. The number of hydrogen-bond donors (Lipinski definition) is 2. The molecule has 116 valence electrons. The Morgan fingerprint density at radius 1 is 1.38 bits per heavy atom. The minimum absolute atomic E-state index is 0.0382. The molecule has 1 aromatic carbocycles.